The summed E-state index contributed by atoms with van der Waals surface area (Å²) in [5.74, 6) is -0.424. The topological polar surface area (TPSA) is 77.2 Å². The van der Waals surface area contributed by atoms with Gasteiger partial charge in [0.15, 0.2) is 5.69 Å². The van der Waals surface area contributed by atoms with Crippen molar-refractivity contribution in [2.45, 2.75) is 6.54 Å². The van der Waals surface area contributed by atoms with Crippen molar-refractivity contribution in [2.75, 3.05) is 7.11 Å². The van der Waals surface area contributed by atoms with E-state index in [4.69, 9.17) is 27.9 Å². The lowest BCUT2D eigenvalue weighted by Gasteiger charge is -2.11. The van der Waals surface area contributed by atoms with Crippen molar-refractivity contribution in [2.24, 2.45) is 0 Å². The number of methoxy groups -OCH3 is 1. The molecular formula is C23H17Cl2N3O3. The zero-order valence-electron chi connectivity index (χ0n) is 16.4. The molecule has 0 spiro atoms. The minimum absolute atomic E-state index is 0.135. The van der Waals surface area contributed by atoms with Gasteiger partial charge in [0.25, 0.3) is 0 Å². The minimum atomic E-state index is -1.16. The Labute approximate surface area is 188 Å². The van der Waals surface area contributed by atoms with Crippen LogP contribution in [0.1, 0.15) is 16.1 Å². The average Bonchev–Trinajstić information content (AvgIpc) is 3.19. The standard InChI is InChI=1S/C23H17Cl2N3O3/c1-31-18-9-2-14(3-10-18)13-28-22(21(23(29)30)26-27-28)16-6-11-19(20(25)12-16)15-4-7-17(24)8-5-15/h2-12H,13H2,1H3,(H,29,30). The molecule has 4 rings (SSSR count). The number of aromatic carboxylic acids is 1. The fourth-order valence-corrected chi connectivity index (χ4v) is 3.70. The Morgan fingerprint density at radius 3 is 2.29 bits per heavy atom. The van der Waals surface area contributed by atoms with E-state index in [0.29, 0.717) is 27.8 Å². The molecule has 0 aliphatic rings. The maximum absolute atomic E-state index is 11.8. The summed E-state index contributed by atoms with van der Waals surface area (Å²) < 4.78 is 6.74. The Morgan fingerprint density at radius 1 is 1.00 bits per heavy atom. The highest BCUT2D eigenvalue weighted by molar-refractivity contribution is 6.33. The molecule has 1 aromatic heterocycles. The number of hydrogen-bond acceptors (Lipinski definition) is 4. The maximum Gasteiger partial charge on any atom is 0.358 e. The second-order valence-corrected chi connectivity index (χ2v) is 7.64. The zero-order chi connectivity index (χ0) is 22.0. The number of rotatable bonds is 6. The van der Waals surface area contributed by atoms with E-state index in [1.54, 1.807) is 30.0 Å². The fraction of sp³-hybridized carbons (Fsp3) is 0.0870. The van der Waals surface area contributed by atoms with Gasteiger partial charge in [0.2, 0.25) is 0 Å². The highest BCUT2D eigenvalue weighted by Crippen LogP contribution is 2.34. The first-order valence-corrected chi connectivity index (χ1v) is 10.1. The first-order valence-electron chi connectivity index (χ1n) is 9.32. The van der Waals surface area contributed by atoms with Gasteiger partial charge in [-0.3, -0.25) is 0 Å². The van der Waals surface area contributed by atoms with Gasteiger partial charge in [0.05, 0.1) is 13.7 Å². The van der Waals surface area contributed by atoms with Crippen LogP contribution in [0.4, 0.5) is 0 Å². The predicted molar refractivity (Wildman–Crippen MR) is 120 cm³/mol. The number of carboxylic acid groups (broad SMARTS) is 1. The second-order valence-electron chi connectivity index (χ2n) is 6.80. The van der Waals surface area contributed by atoms with Crippen LogP contribution in [0.15, 0.2) is 66.7 Å². The van der Waals surface area contributed by atoms with Crippen molar-refractivity contribution < 1.29 is 14.6 Å². The molecule has 1 heterocycles. The van der Waals surface area contributed by atoms with Gasteiger partial charge in [-0.25, -0.2) is 9.48 Å². The third kappa shape index (κ3) is 4.40. The molecule has 0 saturated carbocycles. The van der Waals surface area contributed by atoms with E-state index >= 15 is 0 Å². The summed E-state index contributed by atoms with van der Waals surface area (Å²) >= 11 is 12.5. The Morgan fingerprint density at radius 2 is 1.68 bits per heavy atom. The average molecular weight is 454 g/mol. The number of ether oxygens (including phenoxy) is 1. The van der Waals surface area contributed by atoms with Crippen molar-refractivity contribution in [3.63, 3.8) is 0 Å². The molecule has 6 nitrogen and oxygen atoms in total. The quantitative estimate of drug-likeness (QED) is 0.406. The summed E-state index contributed by atoms with van der Waals surface area (Å²) in [4.78, 5) is 11.8. The molecule has 1 N–H and O–H groups in total. The lowest BCUT2D eigenvalue weighted by atomic mass is 10.0. The van der Waals surface area contributed by atoms with Gasteiger partial charge < -0.3 is 9.84 Å². The molecule has 0 amide bonds. The van der Waals surface area contributed by atoms with Gasteiger partial charge in [-0.1, -0.05) is 64.8 Å². The van der Waals surface area contributed by atoms with Gasteiger partial charge in [-0.2, -0.15) is 0 Å². The Kier molecular flexibility index (Phi) is 5.93. The molecule has 4 aromatic rings. The van der Waals surface area contributed by atoms with E-state index in [-0.39, 0.29) is 5.69 Å². The second kappa shape index (κ2) is 8.79. The summed E-state index contributed by atoms with van der Waals surface area (Å²) in [5, 5.41) is 18.7. The SMILES string of the molecule is COc1ccc(Cn2nnc(C(=O)O)c2-c2ccc(-c3ccc(Cl)cc3)c(Cl)c2)cc1. The van der Waals surface area contributed by atoms with Crippen LogP contribution in [0.5, 0.6) is 5.75 Å². The van der Waals surface area contributed by atoms with Crippen LogP contribution >= 0.6 is 23.2 Å². The molecule has 31 heavy (non-hydrogen) atoms. The van der Waals surface area contributed by atoms with Crippen molar-refractivity contribution in [3.05, 3.63) is 88.0 Å². The van der Waals surface area contributed by atoms with Crippen LogP contribution in [0.2, 0.25) is 10.0 Å². The third-order valence-electron chi connectivity index (χ3n) is 4.83. The van der Waals surface area contributed by atoms with Crippen molar-refractivity contribution in [1.29, 1.82) is 0 Å². The summed E-state index contributed by atoms with van der Waals surface area (Å²) in [5.41, 5.74) is 3.50. The summed E-state index contributed by atoms with van der Waals surface area (Å²) in [6, 6.07) is 20.2. The monoisotopic (exact) mass is 453 g/mol. The van der Waals surface area contributed by atoms with Crippen molar-refractivity contribution in [3.8, 4) is 28.1 Å². The number of nitrogens with zero attached hydrogens (tertiary/aromatic N) is 3. The maximum atomic E-state index is 11.8. The first-order chi connectivity index (χ1) is 15.0. The number of halogens is 2. The number of hydrogen-bond donors (Lipinski definition) is 1. The highest BCUT2D eigenvalue weighted by Gasteiger charge is 2.21. The molecule has 0 unspecified atom stereocenters. The summed E-state index contributed by atoms with van der Waals surface area (Å²) in [6.07, 6.45) is 0. The molecular weight excluding hydrogens is 437 g/mol. The summed E-state index contributed by atoms with van der Waals surface area (Å²) in [7, 11) is 1.60. The Bertz CT molecular complexity index is 1240. The largest absolute Gasteiger partial charge is 0.497 e. The van der Waals surface area contributed by atoms with Crippen molar-refractivity contribution >= 4 is 29.2 Å². The summed E-state index contributed by atoms with van der Waals surface area (Å²) in [6.45, 7) is 0.343. The van der Waals surface area contributed by atoms with Crippen LogP contribution < -0.4 is 4.74 Å². The van der Waals surface area contributed by atoms with Crippen molar-refractivity contribution in [1.82, 2.24) is 15.0 Å². The Hall–Kier alpha value is -3.35. The lowest BCUT2D eigenvalue weighted by molar-refractivity contribution is 0.0691. The molecule has 0 bridgehead atoms. The van der Waals surface area contributed by atoms with E-state index in [0.717, 1.165) is 22.4 Å². The normalized spacial score (nSPS) is 10.8. The zero-order valence-corrected chi connectivity index (χ0v) is 17.9. The van der Waals surface area contributed by atoms with E-state index < -0.39 is 5.97 Å². The van der Waals surface area contributed by atoms with E-state index in [9.17, 15) is 9.90 Å². The third-order valence-corrected chi connectivity index (χ3v) is 5.39. The predicted octanol–water partition coefficient (Wildman–Crippen LogP) is 5.67. The highest BCUT2D eigenvalue weighted by atomic mass is 35.5. The van der Waals surface area contributed by atoms with Gasteiger partial charge >= 0.3 is 5.97 Å². The number of benzene rings is 3. The van der Waals surface area contributed by atoms with E-state index in [1.165, 1.54) is 0 Å². The van der Waals surface area contributed by atoms with Crippen LogP contribution in [0.25, 0.3) is 22.4 Å². The van der Waals surface area contributed by atoms with Gasteiger partial charge in [0, 0.05) is 21.2 Å². The van der Waals surface area contributed by atoms with E-state index in [2.05, 4.69) is 10.3 Å². The molecule has 0 saturated heterocycles. The molecule has 0 aliphatic heterocycles. The van der Waals surface area contributed by atoms with Crippen LogP contribution in [-0.2, 0) is 6.54 Å². The number of carboxylic acids is 1. The number of carbonyl (C=O) groups is 1. The molecule has 8 heteroatoms. The smallest absolute Gasteiger partial charge is 0.358 e. The first kappa shape index (κ1) is 20.9. The fourth-order valence-electron chi connectivity index (χ4n) is 3.28. The van der Waals surface area contributed by atoms with Gasteiger partial charge in [-0.15, -0.1) is 5.10 Å². The molecule has 0 radical (unpaired) electrons. The molecule has 3 aromatic carbocycles. The van der Waals surface area contributed by atoms with Crippen LogP contribution in [0, 0.1) is 0 Å². The lowest BCUT2D eigenvalue weighted by Crippen LogP contribution is -2.06. The van der Waals surface area contributed by atoms with Gasteiger partial charge in [0.1, 0.15) is 11.4 Å². The minimum Gasteiger partial charge on any atom is -0.497 e. The molecule has 0 fully saturated rings. The van der Waals surface area contributed by atoms with Crippen LogP contribution in [0.3, 0.4) is 0 Å². The van der Waals surface area contributed by atoms with Gasteiger partial charge in [-0.05, 0) is 41.5 Å². The van der Waals surface area contributed by atoms with E-state index in [1.807, 2.05) is 48.5 Å². The molecule has 156 valence electrons. The number of aromatic nitrogens is 3. The Balaban J connectivity index is 1.74. The molecule has 0 aliphatic carbocycles. The molecule has 0 atom stereocenters. The van der Waals surface area contributed by atoms with Crippen LogP contribution in [-0.4, -0.2) is 33.2 Å².